The van der Waals surface area contributed by atoms with Crippen LogP contribution in [0.3, 0.4) is 0 Å². The van der Waals surface area contributed by atoms with Crippen molar-refractivity contribution in [3.63, 3.8) is 0 Å². The third-order valence-electron chi connectivity index (χ3n) is 3.40. The molecule has 1 unspecified atom stereocenters. The van der Waals surface area contributed by atoms with Crippen molar-refractivity contribution >= 4 is 5.97 Å². The van der Waals surface area contributed by atoms with Gasteiger partial charge in [-0.15, -0.1) is 0 Å². The monoisotopic (exact) mass is 208 g/mol. The number of carbonyl (C=O) groups excluding carboxylic acids is 1. The van der Waals surface area contributed by atoms with E-state index >= 15 is 0 Å². The predicted molar refractivity (Wildman–Crippen MR) is 61.5 cm³/mol. The smallest absolute Gasteiger partial charge is 0.303 e. The summed E-state index contributed by atoms with van der Waals surface area (Å²) in [5.41, 5.74) is 0.163. The molecule has 84 valence electrons. The molecule has 0 saturated heterocycles. The summed E-state index contributed by atoms with van der Waals surface area (Å²) in [6, 6.07) is 0. The Morgan fingerprint density at radius 1 is 1.53 bits per heavy atom. The van der Waals surface area contributed by atoms with Crippen LogP contribution in [0.2, 0.25) is 0 Å². The highest BCUT2D eigenvalue weighted by Crippen LogP contribution is 2.49. The van der Waals surface area contributed by atoms with Gasteiger partial charge >= 0.3 is 5.97 Å². The van der Waals surface area contributed by atoms with E-state index in [1.165, 1.54) is 6.92 Å². The van der Waals surface area contributed by atoms with Crippen molar-refractivity contribution in [2.45, 2.75) is 45.6 Å². The van der Waals surface area contributed by atoms with Crippen LogP contribution < -0.4 is 0 Å². The van der Waals surface area contributed by atoms with Crippen LogP contribution in [0.5, 0.6) is 0 Å². The van der Waals surface area contributed by atoms with Gasteiger partial charge in [-0.3, -0.25) is 4.79 Å². The molecule has 0 aliphatic heterocycles. The molecule has 0 bridgehead atoms. The molecule has 0 spiro atoms. The first-order valence-corrected chi connectivity index (χ1v) is 5.37. The fraction of sp³-hybridized carbons (Fsp3) is 0.615. The fourth-order valence-corrected chi connectivity index (χ4v) is 2.49. The van der Waals surface area contributed by atoms with Crippen LogP contribution in [-0.2, 0) is 9.53 Å². The average molecular weight is 208 g/mol. The Labute approximate surface area is 92.0 Å². The first kappa shape index (κ1) is 12.0. The standard InChI is InChI=1S/C13H20O2/c1-6-13(15-11(3)14)10(2)8-7-9-12(13,4)5/h6H,1-2,7-9H2,3-5H3. The van der Waals surface area contributed by atoms with Gasteiger partial charge in [0.25, 0.3) is 0 Å². The summed E-state index contributed by atoms with van der Waals surface area (Å²) in [4.78, 5) is 11.2. The molecule has 0 aromatic carbocycles. The lowest BCUT2D eigenvalue weighted by Gasteiger charge is -2.48. The van der Waals surface area contributed by atoms with Crippen molar-refractivity contribution in [1.82, 2.24) is 0 Å². The molecule has 1 aliphatic rings. The van der Waals surface area contributed by atoms with Gasteiger partial charge in [0.05, 0.1) is 0 Å². The zero-order valence-electron chi connectivity index (χ0n) is 9.93. The Kier molecular flexibility index (Phi) is 3.08. The molecule has 0 N–H and O–H groups in total. The van der Waals surface area contributed by atoms with E-state index in [9.17, 15) is 4.79 Å². The number of hydrogen-bond donors (Lipinski definition) is 0. The molecule has 15 heavy (non-hydrogen) atoms. The second-order valence-electron chi connectivity index (χ2n) is 4.87. The molecule has 0 aromatic rings. The highest BCUT2D eigenvalue weighted by atomic mass is 16.6. The Morgan fingerprint density at radius 2 is 2.13 bits per heavy atom. The Morgan fingerprint density at radius 3 is 2.53 bits per heavy atom. The molecule has 0 radical (unpaired) electrons. The number of rotatable bonds is 2. The Balaban J connectivity index is 3.14. The summed E-state index contributed by atoms with van der Waals surface area (Å²) >= 11 is 0. The summed E-state index contributed by atoms with van der Waals surface area (Å²) in [6.07, 6.45) is 4.76. The largest absolute Gasteiger partial charge is 0.450 e. The molecule has 2 heteroatoms. The molecule has 1 fully saturated rings. The predicted octanol–water partition coefficient (Wildman–Crippen LogP) is 3.24. The van der Waals surface area contributed by atoms with Gasteiger partial charge in [0, 0.05) is 12.3 Å². The van der Waals surface area contributed by atoms with Gasteiger partial charge in [-0.05, 0) is 30.9 Å². The molecular formula is C13H20O2. The molecular weight excluding hydrogens is 188 g/mol. The molecule has 1 rings (SSSR count). The third-order valence-corrected chi connectivity index (χ3v) is 3.40. The summed E-state index contributed by atoms with van der Waals surface area (Å²) in [5.74, 6) is -0.272. The van der Waals surface area contributed by atoms with Gasteiger partial charge in [0.2, 0.25) is 0 Å². The summed E-state index contributed by atoms with van der Waals surface area (Å²) in [6.45, 7) is 13.5. The quantitative estimate of drug-likeness (QED) is 0.514. The molecule has 1 atom stereocenters. The molecule has 0 heterocycles. The van der Waals surface area contributed by atoms with E-state index in [0.717, 1.165) is 24.8 Å². The third kappa shape index (κ3) is 1.85. The van der Waals surface area contributed by atoms with E-state index in [4.69, 9.17) is 4.74 Å². The Bertz CT molecular complexity index is 302. The highest BCUT2D eigenvalue weighted by Gasteiger charge is 2.49. The average Bonchev–Trinajstić information content (AvgIpc) is 2.11. The lowest BCUT2D eigenvalue weighted by Crippen LogP contribution is -2.50. The van der Waals surface area contributed by atoms with Crippen LogP contribution in [0.1, 0.15) is 40.0 Å². The first-order valence-electron chi connectivity index (χ1n) is 5.37. The van der Waals surface area contributed by atoms with Crippen LogP contribution in [0, 0.1) is 5.41 Å². The van der Waals surface area contributed by atoms with E-state index in [-0.39, 0.29) is 11.4 Å². The zero-order chi connectivity index (χ0) is 11.7. The van der Waals surface area contributed by atoms with E-state index in [1.54, 1.807) is 6.08 Å². The summed E-state index contributed by atoms with van der Waals surface area (Å²) in [5, 5.41) is 0. The number of hydrogen-bond acceptors (Lipinski definition) is 2. The van der Waals surface area contributed by atoms with E-state index in [0.29, 0.717) is 0 Å². The van der Waals surface area contributed by atoms with Crippen molar-refractivity contribution in [2.75, 3.05) is 0 Å². The minimum Gasteiger partial charge on any atom is -0.450 e. The van der Waals surface area contributed by atoms with Crippen LogP contribution in [0.4, 0.5) is 0 Å². The number of carbonyl (C=O) groups is 1. The van der Waals surface area contributed by atoms with Crippen molar-refractivity contribution in [2.24, 2.45) is 5.41 Å². The number of esters is 1. The second kappa shape index (κ2) is 3.84. The van der Waals surface area contributed by atoms with Gasteiger partial charge in [0.1, 0.15) is 0 Å². The number of ether oxygens (including phenoxy) is 1. The summed E-state index contributed by atoms with van der Waals surface area (Å²) < 4.78 is 5.50. The second-order valence-corrected chi connectivity index (χ2v) is 4.87. The normalized spacial score (nSPS) is 29.7. The fourth-order valence-electron chi connectivity index (χ4n) is 2.49. The minimum atomic E-state index is -0.683. The highest BCUT2D eigenvalue weighted by molar-refractivity contribution is 5.67. The maximum atomic E-state index is 11.2. The van der Waals surface area contributed by atoms with Crippen LogP contribution in [0.25, 0.3) is 0 Å². The SMILES string of the molecule is C=CC1(OC(C)=O)C(=C)CCCC1(C)C. The van der Waals surface area contributed by atoms with Crippen LogP contribution in [-0.4, -0.2) is 11.6 Å². The lowest BCUT2D eigenvalue weighted by atomic mass is 9.63. The first-order chi connectivity index (χ1) is 6.85. The molecule has 2 nitrogen and oxygen atoms in total. The summed E-state index contributed by atoms with van der Waals surface area (Å²) in [7, 11) is 0. The van der Waals surface area contributed by atoms with E-state index < -0.39 is 5.60 Å². The molecule has 1 saturated carbocycles. The maximum Gasteiger partial charge on any atom is 0.303 e. The van der Waals surface area contributed by atoms with Crippen LogP contribution >= 0.6 is 0 Å². The maximum absolute atomic E-state index is 11.2. The van der Waals surface area contributed by atoms with Crippen LogP contribution in [0.15, 0.2) is 24.8 Å². The van der Waals surface area contributed by atoms with Gasteiger partial charge < -0.3 is 4.74 Å². The van der Waals surface area contributed by atoms with E-state index in [2.05, 4.69) is 27.0 Å². The van der Waals surface area contributed by atoms with Gasteiger partial charge in [-0.1, -0.05) is 27.0 Å². The minimum absolute atomic E-state index is 0.115. The lowest BCUT2D eigenvalue weighted by molar-refractivity contribution is -0.160. The van der Waals surface area contributed by atoms with Crippen molar-refractivity contribution in [3.05, 3.63) is 24.8 Å². The van der Waals surface area contributed by atoms with E-state index in [1.807, 2.05) is 0 Å². The topological polar surface area (TPSA) is 26.3 Å². The Hall–Kier alpha value is -1.05. The molecule has 0 amide bonds. The van der Waals surface area contributed by atoms with Gasteiger partial charge in [0.15, 0.2) is 5.60 Å². The molecule has 0 aromatic heterocycles. The van der Waals surface area contributed by atoms with Crippen molar-refractivity contribution in [1.29, 1.82) is 0 Å². The zero-order valence-corrected chi connectivity index (χ0v) is 9.93. The van der Waals surface area contributed by atoms with Gasteiger partial charge in [-0.2, -0.15) is 0 Å². The van der Waals surface area contributed by atoms with Crippen molar-refractivity contribution in [3.8, 4) is 0 Å². The van der Waals surface area contributed by atoms with Crippen molar-refractivity contribution < 1.29 is 9.53 Å². The van der Waals surface area contributed by atoms with Gasteiger partial charge in [-0.25, -0.2) is 0 Å². The molecule has 1 aliphatic carbocycles.